The summed E-state index contributed by atoms with van der Waals surface area (Å²) in [7, 11) is 6.77. The molecule has 274 valence electrons. The van der Waals surface area contributed by atoms with Crippen molar-refractivity contribution in [1.29, 1.82) is 0 Å². The van der Waals surface area contributed by atoms with Gasteiger partial charge < -0.3 is 18.9 Å². The fourth-order valence-corrected chi connectivity index (χ4v) is 7.43. The van der Waals surface area contributed by atoms with Crippen molar-refractivity contribution in [3.63, 3.8) is 0 Å². The molecule has 8 aromatic carbocycles. The van der Waals surface area contributed by atoms with Crippen molar-refractivity contribution >= 4 is 44.8 Å². The van der Waals surface area contributed by atoms with Crippen molar-refractivity contribution < 1.29 is 18.9 Å². The van der Waals surface area contributed by atoms with E-state index in [4.69, 9.17) is 18.9 Å². The molecule has 8 rings (SSSR count). The zero-order chi connectivity index (χ0) is 38.4. The zero-order valence-electron chi connectivity index (χ0n) is 32.0. The Morgan fingerprint density at radius 3 is 0.839 bits per heavy atom. The van der Waals surface area contributed by atoms with Crippen molar-refractivity contribution in [1.82, 2.24) is 0 Å². The first-order valence-corrected chi connectivity index (χ1v) is 18.6. The van der Waals surface area contributed by atoms with Gasteiger partial charge >= 0.3 is 0 Å². The van der Waals surface area contributed by atoms with Gasteiger partial charge in [-0.15, -0.1) is 0 Å². The summed E-state index contributed by atoms with van der Waals surface area (Å²) in [5.41, 5.74) is 11.3. The van der Waals surface area contributed by atoms with Gasteiger partial charge in [0.25, 0.3) is 0 Å². The Kier molecular flexibility index (Phi) is 10.4. The monoisotopic (exact) mass is 730 g/mol. The van der Waals surface area contributed by atoms with Crippen LogP contribution in [0.25, 0.3) is 56.0 Å². The predicted octanol–water partition coefficient (Wildman–Crippen LogP) is 12.9. The molecule has 0 unspecified atom stereocenters. The van der Waals surface area contributed by atoms with Crippen LogP contribution in [-0.2, 0) is 0 Å². The Labute approximate surface area is 328 Å². The Bertz CT molecular complexity index is 2400. The van der Waals surface area contributed by atoms with Crippen LogP contribution in [0.15, 0.2) is 170 Å². The van der Waals surface area contributed by atoms with Crippen LogP contribution >= 0.6 is 0 Å². The van der Waals surface area contributed by atoms with Gasteiger partial charge in [0.1, 0.15) is 23.0 Å². The topological polar surface area (TPSA) is 36.9 Å². The number of hydrogen-bond donors (Lipinski definition) is 0. The summed E-state index contributed by atoms with van der Waals surface area (Å²) in [6.07, 6.45) is 4.59. The standard InChI is InChI=1S/C52H42O4/c1-53-41-23-13-35(14-24-41)51(36-15-25-42(54-2)26-16-36)33-39-21-31-49(47-11-7-5-9-45(39)47)50-32-22-40(46-10-6-8-12-48(46)50)34-52(37-17-27-43(55-3)28-18-37)38-19-29-44(56-4)30-20-38/h5-34H,1-4H3. The molecule has 0 bridgehead atoms. The third-order valence-corrected chi connectivity index (χ3v) is 10.4. The molecule has 0 atom stereocenters. The summed E-state index contributed by atoms with van der Waals surface area (Å²) in [4.78, 5) is 0. The van der Waals surface area contributed by atoms with E-state index in [0.717, 1.165) is 67.5 Å². The van der Waals surface area contributed by atoms with E-state index < -0.39 is 0 Å². The lowest BCUT2D eigenvalue weighted by atomic mass is 9.88. The number of fused-ring (bicyclic) bond motifs is 2. The molecule has 8 aromatic rings. The average Bonchev–Trinajstić information content (AvgIpc) is 3.27. The first-order valence-electron chi connectivity index (χ1n) is 18.6. The van der Waals surface area contributed by atoms with Crippen molar-refractivity contribution in [3.8, 4) is 34.1 Å². The fraction of sp³-hybridized carbons (Fsp3) is 0.0769. The zero-order valence-corrected chi connectivity index (χ0v) is 32.0. The maximum Gasteiger partial charge on any atom is 0.118 e. The molecule has 0 N–H and O–H groups in total. The van der Waals surface area contributed by atoms with E-state index >= 15 is 0 Å². The molecule has 0 radical (unpaired) electrons. The molecule has 0 fully saturated rings. The average molecular weight is 731 g/mol. The summed E-state index contributed by atoms with van der Waals surface area (Å²) in [5.74, 6) is 3.29. The third-order valence-electron chi connectivity index (χ3n) is 10.4. The molecule has 0 aliphatic heterocycles. The van der Waals surface area contributed by atoms with E-state index in [1.165, 1.54) is 32.7 Å². The molecule has 0 aliphatic rings. The van der Waals surface area contributed by atoms with Gasteiger partial charge in [-0.05, 0) is 138 Å². The molecule has 0 saturated carbocycles. The van der Waals surface area contributed by atoms with E-state index in [0.29, 0.717) is 0 Å². The van der Waals surface area contributed by atoms with Gasteiger partial charge in [0.15, 0.2) is 0 Å². The molecule has 0 amide bonds. The minimum atomic E-state index is 0.823. The maximum absolute atomic E-state index is 5.48. The highest BCUT2D eigenvalue weighted by Gasteiger charge is 2.15. The number of benzene rings is 8. The second-order valence-electron chi connectivity index (χ2n) is 13.5. The molecule has 0 heterocycles. The van der Waals surface area contributed by atoms with Crippen molar-refractivity contribution in [2.45, 2.75) is 0 Å². The number of methoxy groups -OCH3 is 4. The van der Waals surface area contributed by atoms with Crippen LogP contribution < -0.4 is 18.9 Å². The van der Waals surface area contributed by atoms with E-state index in [1.54, 1.807) is 28.4 Å². The van der Waals surface area contributed by atoms with Crippen LogP contribution in [0.3, 0.4) is 0 Å². The molecule has 4 nitrogen and oxygen atoms in total. The highest BCUT2D eigenvalue weighted by Crippen LogP contribution is 2.40. The first kappa shape index (κ1) is 36.0. The summed E-state index contributed by atoms with van der Waals surface area (Å²) < 4.78 is 21.9. The van der Waals surface area contributed by atoms with Crippen molar-refractivity contribution in [2.75, 3.05) is 28.4 Å². The molecule has 0 aromatic heterocycles. The Morgan fingerprint density at radius 1 is 0.304 bits per heavy atom. The molecule has 0 aliphatic carbocycles. The van der Waals surface area contributed by atoms with E-state index in [1.807, 2.05) is 48.5 Å². The lowest BCUT2D eigenvalue weighted by molar-refractivity contribution is 0.414. The van der Waals surface area contributed by atoms with Crippen LogP contribution in [0.2, 0.25) is 0 Å². The fourth-order valence-electron chi connectivity index (χ4n) is 7.43. The maximum atomic E-state index is 5.48. The van der Waals surface area contributed by atoms with Crippen molar-refractivity contribution in [2.24, 2.45) is 0 Å². The first-order chi connectivity index (χ1) is 27.6. The highest BCUT2D eigenvalue weighted by molar-refractivity contribution is 6.11. The molecule has 0 saturated heterocycles. The van der Waals surface area contributed by atoms with Crippen LogP contribution in [0, 0.1) is 0 Å². The smallest absolute Gasteiger partial charge is 0.118 e. The largest absolute Gasteiger partial charge is 0.497 e. The summed E-state index contributed by atoms with van der Waals surface area (Å²) in [6, 6.07) is 59.4. The summed E-state index contributed by atoms with van der Waals surface area (Å²) in [6.45, 7) is 0. The van der Waals surface area contributed by atoms with Gasteiger partial charge in [-0.3, -0.25) is 0 Å². The van der Waals surface area contributed by atoms with Crippen molar-refractivity contribution in [3.05, 3.63) is 203 Å². The summed E-state index contributed by atoms with van der Waals surface area (Å²) in [5, 5.41) is 4.74. The molecule has 0 spiro atoms. The van der Waals surface area contributed by atoms with Gasteiger partial charge in [-0.2, -0.15) is 0 Å². The van der Waals surface area contributed by atoms with Crippen LogP contribution in [-0.4, -0.2) is 28.4 Å². The highest BCUT2D eigenvalue weighted by atomic mass is 16.5. The minimum Gasteiger partial charge on any atom is -0.497 e. The predicted molar refractivity (Wildman–Crippen MR) is 233 cm³/mol. The Morgan fingerprint density at radius 2 is 0.571 bits per heavy atom. The van der Waals surface area contributed by atoms with Crippen LogP contribution in [0.5, 0.6) is 23.0 Å². The Balaban J connectivity index is 1.27. The van der Waals surface area contributed by atoms with E-state index in [-0.39, 0.29) is 0 Å². The van der Waals surface area contributed by atoms with Gasteiger partial charge in [0, 0.05) is 0 Å². The molecule has 56 heavy (non-hydrogen) atoms. The van der Waals surface area contributed by atoms with E-state index in [9.17, 15) is 0 Å². The minimum absolute atomic E-state index is 0.823. The summed E-state index contributed by atoms with van der Waals surface area (Å²) >= 11 is 0. The van der Waals surface area contributed by atoms with Gasteiger partial charge in [0.05, 0.1) is 28.4 Å². The lowest BCUT2D eigenvalue weighted by Crippen LogP contribution is -1.93. The third kappa shape index (κ3) is 7.25. The number of ether oxygens (including phenoxy) is 4. The molecule has 4 heteroatoms. The quantitative estimate of drug-likeness (QED) is 0.124. The lowest BCUT2D eigenvalue weighted by Gasteiger charge is -2.16. The second kappa shape index (κ2) is 16.1. The van der Waals surface area contributed by atoms with Gasteiger partial charge in [-0.1, -0.05) is 121 Å². The normalized spacial score (nSPS) is 10.9. The second-order valence-corrected chi connectivity index (χ2v) is 13.5. The number of rotatable bonds is 11. The van der Waals surface area contributed by atoms with Gasteiger partial charge in [0.2, 0.25) is 0 Å². The van der Waals surface area contributed by atoms with E-state index in [2.05, 4.69) is 133 Å². The number of hydrogen-bond acceptors (Lipinski definition) is 4. The Hall–Kier alpha value is -7.04. The van der Waals surface area contributed by atoms with Gasteiger partial charge in [-0.25, -0.2) is 0 Å². The van der Waals surface area contributed by atoms with Crippen LogP contribution in [0.1, 0.15) is 33.4 Å². The van der Waals surface area contributed by atoms with Crippen LogP contribution in [0.4, 0.5) is 0 Å². The molecular formula is C52H42O4. The SMILES string of the molecule is COc1ccc(C(=Cc2ccc(-c3ccc(C=C(c4ccc(OC)cc4)c4ccc(OC)cc4)c4ccccc34)c3ccccc23)c2ccc(OC)cc2)cc1. The molecular weight excluding hydrogens is 689 g/mol.